The van der Waals surface area contributed by atoms with Crippen LogP contribution < -0.4 is 11.3 Å². The normalized spacial score (nSPS) is 12.3. The summed E-state index contributed by atoms with van der Waals surface area (Å²) in [6.45, 7) is 1.95. The number of nitrogens with zero attached hydrogens (tertiary/aromatic N) is 1. The molecule has 0 aliphatic carbocycles. The van der Waals surface area contributed by atoms with Crippen LogP contribution in [0.25, 0.3) is 11.1 Å². The Morgan fingerprint density at radius 3 is 2.75 bits per heavy atom. The van der Waals surface area contributed by atoms with Crippen LogP contribution in [0.5, 0.6) is 5.88 Å². The Morgan fingerprint density at radius 1 is 1.45 bits per heavy atom. The van der Waals surface area contributed by atoms with Crippen molar-refractivity contribution in [2.45, 2.75) is 25.8 Å². The van der Waals surface area contributed by atoms with Crippen LogP contribution in [0.3, 0.4) is 0 Å². The Balaban J connectivity index is 2.47. The van der Waals surface area contributed by atoms with Crippen LogP contribution in [0.2, 0.25) is 5.02 Å². The lowest BCUT2D eigenvalue weighted by Crippen LogP contribution is -2.25. The van der Waals surface area contributed by atoms with Gasteiger partial charge in [-0.25, -0.2) is 0 Å². The monoisotopic (exact) mass is 293 g/mol. The Kier molecular flexibility index (Phi) is 4.42. The minimum Gasteiger partial charge on any atom is -0.493 e. The number of aromatic amines is 1. The summed E-state index contributed by atoms with van der Waals surface area (Å²) in [6, 6.07) is 6.69. The first-order valence-corrected chi connectivity index (χ1v) is 6.73. The number of aromatic hydroxyl groups is 1. The lowest BCUT2D eigenvalue weighted by atomic mass is 10.1. The highest BCUT2D eigenvalue weighted by molar-refractivity contribution is 6.33. The first kappa shape index (κ1) is 14.6. The third-order valence-corrected chi connectivity index (χ3v) is 3.40. The van der Waals surface area contributed by atoms with Gasteiger partial charge in [0.1, 0.15) is 11.4 Å². The maximum absolute atomic E-state index is 12.1. The molecule has 5 nitrogen and oxygen atoms in total. The van der Waals surface area contributed by atoms with Crippen LogP contribution in [0, 0.1) is 0 Å². The summed E-state index contributed by atoms with van der Waals surface area (Å²) in [6.07, 6.45) is 1.17. The van der Waals surface area contributed by atoms with E-state index in [-0.39, 0.29) is 17.5 Å². The molecule has 1 aromatic carbocycles. The second-order valence-electron chi connectivity index (χ2n) is 4.56. The van der Waals surface area contributed by atoms with Gasteiger partial charge < -0.3 is 15.8 Å². The van der Waals surface area contributed by atoms with E-state index in [1.807, 2.05) is 6.92 Å². The van der Waals surface area contributed by atoms with Gasteiger partial charge >= 0.3 is 0 Å². The summed E-state index contributed by atoms with van der Waals surface area (Å²) in [5, 5.41) is 10.4. The van der Waals surface area contributed by atoms with Crippen molar-refractivity contribution in [1.82, 2.24) is 9.97 Å². The SMILES string of the molecule is CCC(N)Cc1nc(O)c(-c2ccccc2Cl)c(=O)[nH]1. The van der Waals surface area contributed by atoms with Gasteiger partial charge in [0.25, 0.3) is 5.56 Å². The van der Waals surface area contributed by atoms with Gasteiger partial charge in [-0.2, -0.15) is 4.98 Å². The molecule has 4 N–H and O–H groups in total. The van der Waals surface area contributed by atoms with E-state index >= 15 is 0 Å². The zero-order chi connectivity index (χ0) is 14.7. The number of aromatic nitrogens is 2. The van der Waals surface area contributed by atoms with Gasteiger partial charge in [0.15, 0.2) is 0 Å². The highest BCUT2D eigenvalue weighted by atomic mass is 35.5. The predicted octanol–water partition coefficient (Wildman–Crippen LogP) is 2.08. The maximum atomic E-state index is 12.1. The van der Waals surface area contributed by atoms with Crippen molar-refractivity contribution in [1.29, 1.82) is 0 Å². The second kappa shape index (κ2) is 6.07. The standard InChI is InChI=1S/C14H16ClN3O2/c1-2-8(16)7-11-17-13(19)12(14(20)18-11)9-5-3-4-6-10(9)15/h3-6,8H,2,7,16H2,1H3,(H2,17,18,19,20). The summed E-state index contributed by atoms with van der Waals surface area (Å²) >= 11 is 6.04. The fraction of sp³-hybridized carbons (Fsp3) is 0.286. The number of benzene rings is 1. The van der Waals surface area contributed by atoms with E-state index in [0.29, 0.717) is 22.8 Å². The van der Waals surface area contributed by atoms with Crippen molar-refractivity contribution < 1.29 is 5.11 Å². The molecule has 0 fully saturated rings. The maximum Gasteiger partial charge on any atom is 0.262 e. The smallest absolute Gasteiger partial charge is 0.262 e. The van der Waals surface area contributed by atoms with Gasteiger partial charge in [0.2, 0.25) is 5.88 Å². The van der Waals surface area contributed by atoms with Crippen molar-refractivity contribution >= 4 is 11.6 Å². The van der Waals surface area contributed by atoms with Crippen LogP contribution in [-0.4, -0.2) is 21.1 Å². The Bertz CT molecular complexity index is 670. The van der Waals surface area contributed by atoms with E-state index in [2.05, 4.69) is 9.97 Å². The molecule has 1 heterocycles. The average Bonchev–Trinajstić information content (AvgIpc) is 2.40. The molecule has 0 spiro atoms. The van der Waals surface area contributed by atoms with E-state index in [1.165, 1.54) is 0 Å². The number of halogens is 1. The number of hydrogen-bond donors (Lipinski definition) is 3. The van der Waals surface area contributed by atoms with E-state index < -0.39 is 5.56 Å². The topological polar surface area (TPSA) is 92.0 Å². The molecule has 20 heavy (non-hydrogen) atoms. The molecular formula is C14H16ClN3O2. The van der Waals surface area contributed by atoms with Gasteiger partial charge in [0, 0.05) is 23.0 Å². The van der Waals surface area contributed by atoms with Crippen molar-refractivity contribution in [3.8, 4) is 17.0 Å². The number of rotatable bonds is 4. The third kappa shape index (κ3) is 3.00. The molecule has 6 heteroatoms. The number of nitrogens with one attached hydrogen (secondary N) is 1. The second-order valence-corrected chi connectivity index (χ2v) is 4.97. The highest BCUT2D eigenvalue weighted by Gasteiger charge is 2.16. The summed E-state index contributed by atoms with van der Waals surface area (Å²) in [5.41, 5.74) is 5.91. The minimum atomic E-state index is -0.427. The summed E-state index contributed by atoms with van der Waals surface area (Å²) in [7, 11) is 0. The molecule has 0 aliphatic heterocycles. The molecular weight excluding hydrogens is 278 g/mol. The van der Waals surface area contributed by atoms with Crippen LogP contribution in [0.15, 0.2) is 29.1 Å². The summed E-state index contributed by atoms with van der Waals surface area (Å²) < 4.78 is 0. The number of hydrogen-bond acceptors (Lipinski definition) is 4. The molecule has 1 aromatic heterocycles. The largest absolute Gasteiger partial charge is 0.493 e. The van der Waals surface area contributed by atoms with Gasteiger partial charge in [-0.15, -0.1) is 0 Å². The summed E-state index contributed by atoms with van der Waals surface area (Å²) in [4.78, 5) is 18.8. The molecule has 0 bridgehead atoms. The lowest BCUT2D eigenvalue weighted by Gasteiger charge is -2.10. The fourth-order valence-electron chi connectivity index (χ4n) is 1.90. The van der Waals surface area contributed by atoms with Crippen molar-refractivity contribution in [2.24, 2.45) is 5.73 Å². The Labute approximate surface area is 121 Å². The molecule has 0 saturated carbocycles. The predicted molar refractivity (Wildman–Crippen MR) is 78.9 cm³/mol. The minimum absolute atomic E-state index is 0.0735. The van der Waals surface area contributed by atoms with E-state index in [1.54, 1.807) is 24.3 Å². The fourth-order valence-corrected chi connectivity index (χ4v) is 2.13. The lowest BCUT2D eigenvalue weighted by molar-refractivity contribution is 0.448. The molecule has 106 valence electrons. The van der Waals surface area contributed by atoms with Crippen LogP contribution in [0.1, 0.15) is 19.2 Å². The number of nitrogens with two attached hydrogens (primary N) is 1. The van der Waals surface area contributed by atoms with Gasteiger partial charge in [-0.3, -0.25) is 4.79 Å². The molecule has 0 radical (unpaired) electrons. The Morgan fingerprint density at radius 2 is 2.15 bits per heavy atom. The molecule has 0 saturated heterocycles. The molecule has 2 rings (SSSR count). The molecule has 0 amide bonds. The van der Waals surface area contributed by atoms with Gasteiger partial charge in [-0.1, -0.05) is 36.7 Å². The van der Waals surface area contributed by atoms with Gasteiger partial charge in [0.05, 0.1) is 0 Å². The Hall–Kier alpha value is -1.85. The quantitative estimate of drug-likeness (QED) is 0.804. The molecule has 1 atom stereocenters. The van der Waals surface area contributed by atoms with Crippen molar-refractivity contribution in [3.05, 3.63) is 45.5 Å². The zero-order valence-corrected chi connectivity index (χ0v) is 11.8. The van der Waals surface area contributed by atoms with Gasteiger partial charge in [-0.05, 0) is 12.5 Å². The number of H-pyrrole nitrogens is 1. The van der Waals surface area contributed by atoms with Crippen molar-refractivity contribution in [2.75, 3.05) is 0 Å². The van der Waals surface area contributed by atoms with Crippen LogP contribution >= 0.6 is 11.6 Å². The van der Waals surface area contributed by atoms with Crippen LogP contribution in [0.4, 0.5) is 0 Å². The van der Waals surface area contributed by atoms with E-state index in [0.717, 1.165) is 6.42 Å². The van der Waals surface area contributed by atoms with E-state index in [4.69, 9.17) is 17.3 Å². The molecule has 2 aromatic rings. The molecule has 1 unspecified atom stereocenters. The van der Waals surface area contributed by atoms with E-state index in [9.17, 15) is 9.90 Å². The first-order chi connectivity index (χ1) is 9.52. The first-order valence-electron chi connectivity index (χ1n) is 6.35. The average molecular weight is 294 g/mol. The third-order valence-electron chi connectivity index (χ3n) is 3.07. The highest BCUT2D eigenvalue weighted by Crippen LogP contribution is 2.29. The molecule has 0 aliphatic rings. The van der Waals surface area contributed by atoms with Crippen molar-refractivity contribution in [3.63, 3.8) is 0 Å². The van der Waals surface area contributed by atoms with Crippen LogP contribution in [-0.2, 0) is 6.42 Å². The summed E-state index contributed by atoms with van der Waals surface area (Å²) in [5.74, 6) is 0.0396. The zero-order valence-electron chi connectivity index (χ0n) is 11.1.